The van der Waals surface area contributed by atoms with Gasteiger partial charge in [-0.2, -0.15) is 0 Å². The Kier molecular flexibility index (Phi) is 7.89. The Morgan fingerprint density at radius 3 is 2.11 bits per heavy atom. The number of ether oxygens (including phenoxy) is 3. The molecular formula is C25H28N6O5S. The Morgan fingerprint density at radius 2 is 1.54 bits per heavy atom. The average molecular weight is 525 g/mol. The SMILES string of the molecule is COc1cc(Nc2nc3ccccc3nc2NS(=O)(=O)c2ccc(OCCN(C)C)nc2)cc(OC)c1. The van der Waals surface area contributed by atoms with Gasteiger partial charge in [0, 0.05) is 36.5 Å². The fourth-order valence-electron chi connectivity index (χ4n) is 3.30. The predicted molar refractivity (Wildman–Crippen MR) is 141 cm³/mol. The van der Waals surface area contributed by atoms with Gasteiger partial charge in [0.05, 0.1) is 31.4 Å². The number of anilines is 3. The molecule has 0 aliphatic carbocycles. The quantitative estimate of drug-likeness (QED) is 0.301. The van der Waals surface area contributed by atoms with Crippen molar-refractivity contribution in [2.24, 2.45) is 0 Å². The minimum atomic E-state index is -4.04. The van der Waals surface area contributed by atoms with E-state index in [1.54, 1.807) is 50.6 Å². The second-order valence-corrected chi connectivity index (χ2v) is 9.91. The monoisotopic (exact) mass is 524 g/mol. The van der Waals surface area contributed by atoms with Gasteiger partial charge < -0.3 is 24.4 Å². The first-order valence-electron chi connectivity index (χ1n) is 11.3. The number of methoxy groups -OCH3 is 2. The molecule has 2 aromatic carbocycles. The van der Waals surface area contributed by atoms with Gasteiger partial charge in [0.25, 0.3) is 10.0 Å². The number of pyridine rings is 1. The summed E-state index contributed by atoms with van der Waals surface area (Å²) in [5.74, 6) is 1.66. The summed E-state index contributed by atoms with van der Waals surface area (Å²) in [4.78, 5) is 15.2. The maximum absolute atomic E-state index is 13.2. The van der Waals surface area contributed by atoms with E-state index in [0.29, 0.717) is 47.3 Å². The lowest BCUT2D eigenvalue weighted by atomic mass is 10.2. The van der Waals surface area contributed by atoms with Crippen LogP contribution in [-0.4, -0.2) is 69.7 Å². The van der Waals surface area contributed by atoms with Crippen molar-refractivity contribution in [3.05, 3.63) is 60.8 Å². The molecule has 2 aromatic heterocycles. The number of aromatic nitrogens is 3. The van der Waals surface area contributed by atoms with Gasteiger partial charge in [0.2, 0.25) is 5.88 Å². The number of benzene rings is 2. The molecule has 0 bridgehead atoms. The molecule has 11 nitrogen and oxygen atoms in total. The summed E-state index contributed by atoms with van der Waals surface area (Å²) in [5, 5.41) is 3.13. The van der Waals surface area contributed by atoms with Gasteiger partial charge in [-0.3, -0.25) is 4.72 Å². The second kappa shape index (κ2) is 11.3. The lowest BCUT2D eigenvalue weighted by Crippen LogP contribution is -2.20. The smallest absolute Gasteiger partial charge is 0.264 e. The molecule has 0 radical (unpaired) electrons. The first kappa shape index (κ1) is 25.9. The molecule has 2 heterocycles. The van der Waals surface area contributed by atoms with Gasteiger partial charge in [-0.15, -0.1) is 0 Å². The highest BCUT2D eigenvalue weighted by atomic mass is 32.2. The standard InChI is InChI=1S/C25H28N6O5S/c1-31(2)11-12-36-23-10-9-20(16-26-23)37(32,33)30-25-24(28-21-7-5-6-8-22(21)29-25)27-17-13-18(34-3)15-19(14-17)35-4/h5-10,13-16H,11-12H2,1-4H3,(H,27,28)(H,29,30). The van der Waals surface area contributed by atoms with E-state index in [4.69, 9.17) is 14.2 Å². The highest BCUT2D eigenvalue weighted by Crippen LogP contribution is 2.31. The summed E-state index contributed by atoms with van der Waals surface area (Å²) in [7, 11) is 2.91. The number of hydrogen-bond acceptors (Lipinski definition) is 10. The van der Waals surface area contributed by atoms with E-state index in [2.05, 4.69) is 25.0 Å². The first-order chi connectivity index (χ1) is 17.8. The molecule has 37 heavy (non-hydrogen) atoms. The van der Waals surface area contributed by atoms with Gasteiger partial charge >= 0.3 is 0 Å². The van der Waals surface area contributed by atoms with Crippen LogP contribution in [0.25, 0.3) is 11.0 Å². The van der Waals surface area contributed by atoms with Crippen LogP contribution in [0.15, 0.2) is 65.7 Å². The fraction of sp³-hybridized carbons (Fsp3) is 0.240. The third-order valence-corrected chi connectivity index (χ3v) is 6.55. The zero-order valence-electron chi connectivity index (χ0n) is 20.9. The van der Waals surface area contributed by atoms with E-state index in [-0.39, 0.29) is 16.5 Å². The topological polar surface area (TPSA) is 128 Å². The van der Waals surface area contributed by atoms with Crippen LogP contribution in [0.4, 0.5) is 17.3 Å². The normalized spacial score (nSPS) is 11.4. The van der Waals surface area contributed by atoms with Gasteiger partial charge in [0.15, 0.2) is 11.6 Å². The Hall–Kier alpha value is -4.16. The van der Waals surface area contributed by atoms with Crippen molar-refractivity contribution in [3.8, 4) is 17.4 Å². The van der Waals surface area contributed by atoms with E-state index in [1.807, 2.05) is 25.1 Å². The minimum absolute atomic E-state index is 0.0202. The number of sulfonamides is 1. The molecule has 0 spiro atoms. The zero-order chi connectivity index (χ0) is 26.4. The summed E-state index contributed by atoms with van der Waals surface area (Å²) < 4.78 is 45.2. The van der Waals surface area contributed by atoms with E-state index in [9.17, 15) is 8.42 Å². The Labute approximate surface area is 215 Å². The number of rotatable bonds is 11. The van der Waals surface area contributed by atoms with Crippen LogP contribution in [0.5, 0.6) is 17.4 Å². The molecule has 0 aliphatic rings. The number of fused-ring (bicyclic) bond motifs is 1. The zero-order valence-corrected chi connectivity index (χ0v) is 21.7. The van der Waals surface area contributed by atoms with Crippen molar-refractivity contribution in [2.75, 3.05) is 51.5 Å². The number of hydrogen-bond donors (Lipinski definition) is 2. The molecule has 194 valence electrons. The van der Waals surface area contributed by atoms with E-state index in [1.165, 1.54) is 18.3 Å². The maximum Gasteiger partial charge on any atom is 0.264 e. The van der Waals surface area contributed by atoms with Crippen LogP contribution in [0.2, 0.25) is 0 Å². The van der Waals surface area contributed by atoms with Crippen LogP contribution >= 0.6 is 0 Å². The molecule has 0 unspecified atom stereocenters. The highest BCUT2D eigenvalue weighted by molar-refractivity contribution is 7.92. The average Bonchev–Trinajstić information content (AvgIpc) is 2.88. The van der Waals surface area contributed by atoms with Crippen molar-refractivity contribution in [1.82, 2.24) is 19.9 Å². The van der Waals surface area contributed by atoms with Crippen LogP contribution in [0, 0.1) is 0 Å². The number of likely N-dealkylation sites (N-methyl/N-ethyl adjacent to an activating group) is 1. The summed E-state index contributed by atoms with van der Waals surface area (Å²) in [6, 6.07) is 15.3. The lowest BCUT2D eigenvalue weighted by molar-refractivity contribution is 0.253. The van der Waals surface area contributed by atoms with Gasteiger partial charge in [-0.05, 0) is 32.3 Å². The first-order valence-corrected chi connectivity index (χ1v) is 12.8. The van der Waals surface area contributed by atoms with E-state index < -0.39 is 10.0 Å². The number of nitrogens with one attached hydrogen (secondary N) is 2. The van der Waals surface area contributed by atoms with Gasteiger partial charge in [0.1, 0.15) is 23.0 Å². The Morgan fingerprint density at radius 1 is 0.892 bits per heavy atom. The molecule has 2 N–H and O–H groups in total. The van der Waals surface area contributed by atoms with Crippen LogP contribution in [0.3, 0.4) is 0 Å². The van der Waals surface area contributed by atoms with Crippen molar-refractivity contribution >= 4 is 38.4 Å². The molecule has 0 saturated carbocycles. The van der Waals surface area contributed by atoms with Gasteiger partial charge in [-0.1, -0.05) is 12.1 Å². The largest absolute Gasteiger partial charge is 0.497 e. The van der Waals surface area contributed by atoms with Crippen LogP contribution in [-0.2, 0) is 10.0 Å². The Bertz CT molecular complexity index is 1460. The Balaban J connectivity index is 1.64. The summed E-state index contributed by atoms with van der Waals surface area (Å²) in [6.07, 6.45) is 1.24. The highest BCUT2D eigenvalue weighted by Gasteiger charge is 2.20. The molecule has 0 aliphatic heterocycles. The molecular weight excluding hydrogens is 496 g/mol. The van der Waals surface area contributed by atoms with Crippen molar-refractivity contribution in [1.29, 1.82) is 0 Å². The predicted octanol–water partition coefficient (Wildman–Crippen LogP) is 3.53. The summed E-state index contributed by atoms with van der Waals surface area (Å²) >= 11 is 0. The van der Waals surface area contributed by atoms with E-state index >= 15 is 0 Å². The van der Waals surface area contributed by atoms with Crippen molar-refractivity contribution in [2.45, 2.75) is 4.90 Å². The molecule has 4 rings (SSSR count). The van der Waals surface area contributed by atoms with Crippen LogP contribution in [0.1, 0.15) is 0 Å². The van der Waals surface area contributed by atoms with Gasteiger partial charge in [-0.25, -0.2) is 23.4 Å². The lowest BCUT2D eigenvalue weighted by Gasteiger charge is -2.15. The third-order valence-electron chi connectivity index (χ3n) is 5.22. The molecule has 0 amide bonds. The fourth-order valence-corrected chi connectivity index (χ4v) is 4.26. The van der Waals surface area contributed by atoms with E-state index in [0.717, 1.165) is 0 Å². The number of para-hydroxylation sites is 2. The number of nitrogens with zero attached hydrogens (tertiary/aromatic N) is 4. The molecule has 0 fully saturated rings. The maximum atomic E-state index is 13.2. The molecule has 0 atom stereocenters. The van der Waals surface area contributed by atoms with Crippen molar-refractivity contribution < 1.29 is 22.6 Å². The van der Waals surface area contributed by atoms with Crippen LogP contribution < -0.4 is 24.2 Å². The molecule has 0 saturated heterocycles. The molecule has 4 aromatic rings. The summed E-state index contributed by atoms with van der Waals surface area (Å²) in [5.41, 5.74) is 1.68. The molecule has 12 heteroatoms. The summed E-state index contributed by atoms with van der Waals surface area (Å²) in [6.45, 7) is 1.14. The second-order valence-electron chi connectivity index (χ2n) is 8.23. The third kappa shape index (κ3) is 6.54. The van der Waals surface area contributed by atoms with Crippen molar-refractivity contribution in [3.63, 3.8) is 0 Å². The minimum Gasteiger partial charge on any atom is -0.497 e.